The molecule has 1 saturated carbocycles. The third kappa shape index (κ3) is 6.59. The van der Waals surface area contributed by atoms with Crippen LogP contribution >= 0.6 is 0 Å². The molecule has 1 fully saturated rings. The Kier molecular flexibility index (Phi) is 9.03. The standard InChI is InChI=1S/C34H37F3N6O4/c1-3-7-29-27(17-21-10-15-25(22-8-5-4-6-9-22)26(16-21)28-18-30(44)41-40-28)31(45)42(32-38-20-39-43(29)32)23-11-13-24(14-12-23)47-19-33(2,46)34(35,36)37/h4-6,8-10,15-16,20,23-24,46H,3,7,11-14,17-19H2,1-2H3,(H,41,44). The number of nitrogens with zero attached hydrogens (tertiary/aromatic N) is 5. The molecule has 47 heavy (non-hydrogen) atoms. The summed E-state index contributed by atoms with van der Waals surface area (Å²) in [5.41, 5.74) is 5.02. The fourth-order valence-electron chi connectivity index (χ4n) is 6.44. The molecule has 2 aromatic heterocycles. The summed E-state index contributed by atoms with van der Waals surface area (Å²) in [7, 11) is 0. The fourth-order valence-corrected chi connectivity index (χ4v) is 6.44. The van der Waals surface area contributed by atoms with E-state index in [0.717, 1.165) is 34.4 Å². The Bertz CT molecular complexity index is 1860. The van der Waals surface area contributed by atoms with Crippen molar-refractivity contribution in [1.82, 2.24) is 24.6 Å². The first kappa shape index (κ1) is 32.6. The third-order valence-electron chi connectivity index (χ3n) is 9.04. The Morgan fingerprint density at radius 1 is 1.04 bits per heavy atom. The minimum absolute atomic E-state index is 0.155. The number of hydrazone groups is 1. The van der Waals surface area contributed by atoms with Crippen LogP contribution in [-0.2, 0) is 22.4 Å². The number of aromatic nitrogens is 4. The lowest BCUT2D eigenvalue weighted by Gasteiger charge is -2.33. The summed E-state index contributed by atoms with van der Waals surface area (Å²) in [5.74, 6) is 0.247. The number of aryl methyl sites for hydroxylation is 1. The molecule has 10 nitrogen and oxygen atoms in total. The van der Waals surface area contributed by atoms with E-state index >= 15 is 0 Å². The zero-order valence-electron chi connectivity index (χ0n) is 26.3. The number of ether oxygens (including phenoxy) is 1. The highest BCUT2D eigenvalue weighted by Gasteiger charge is 2.50. The molecule has 6 rings (SSSR count). The molecule has 1 aliphatic heterocycles. The molecule has 1 unspecified atom stereocenters. The summed E-state index contributed by atoms with van der Waals surface area (Å²) >= 11 is 0. The highest BCUT2D eigenvalue weighted by atomic mass is 19.4. The fraction of sp³-hybridized carbons (Fsp3) is 0.441. The first-order chi connectivity index (χ1) is 22.5. The van der Waals surface area contributed by atoms with Crippen LogP contribution in [0.2, 0.25) is 0 Å². The molecule has 1 atom stereocenters. The van der Waals surface area contributed by atoms with Crippen LogP contribution in [0.15, 0.2) is 64.8 Å². The molecule has 4 aromatic rings. The van der Waals surface area contributed by atoms with Gasteiger partial charge in [-0.3, -0.25) is 14.2 Å². The van der Waals surface area contributed by atoms with Crippen LogP contribution in [0, 0.1) is 0 Å². The van der Waals surface area contributed by atoms with Gasteiger partial charge < -0.3 is 9.84 Å². The van der Waals surface area contributed by atoms with Gasteiger partial charge in [0.25, 0.3) is 5.56 Å². The van der Waals surface area contributed by atoms with Crippen molar-refractivity contribution in [3.63, 3.8) is 0 Å². The normalized spacial score (nSPS) is 19.9. The number of halogens is 3. The Morgan fingerprint density at radius 2 is 1.79 bits per heavy atom. The molecule has 1 aliphatic carbocycles. The molecule has 2 N–H and O–H groups in total. The second-order valence-corrected chi connectivity index (χ2v) is 12.5. The Hall–Kier alpha value is -4.36. The van der Waals surface area contributed by atoms with Crippen molar-refractivity contribution < 1.29 is 27.8 Å². The number of nitrogens with one attached hydrogen (secondary N) is 1. The SMILES string of the molecule is CCCc1c(Cc2ccc(-c3ccccc3)c(C3=NNC(=O)C3)c2)c(=O)n(C2CCC(OCC(C)(O)C(F)(F)F)CC2)c2ncnn12. The lowest BCUT2D eigenvalue weighted by atomic mass is 9.91. The van der Waals surface area contributed by atoms with E-state index < -0.39 is 24.5 Å². The van der Waals surface area contributed by atoms with E-state index in [1.54, 1.807) is 9.08 Å². The summed E-state index contributed by atoms with van der Waals surface area (Å²) in [6.45, 7) is 1.89. The lowest BCUT2D eigenvalue weighted by molar-refractivity contribution is -0.271. The van der Waals surface area contributed by atoms with E-state index in [9.17, 15) is 27.9 Å². The summed E-state index contributed by atoms with van der Waals surface area (Å²) in [4.78, 5) is 31.0. The van der Waals surface area contributed by atoms with Gasteiger partial charge in [0.1, 0.15) is 6.33 Å². The first-order valence-electron chi connectivity index (χ1n) is 15.9. The van der Waals surface area contributed by atoms with Crippen LogP contribution in [-0.4, -0.2) is 60.4 Å². The summed E-state index contributed by atoms with van der Waals surface area (Å²) in [6.07, 6.45) is -0.156. The predicted molar refractivity (Wildman–Crippen MR) is 169 cm³/mol. The van der Waals surface area contributed by atoms with Gasteiger partial charge in [0.2, 0.25) is 11.7 Å². The van der Waals surface area contributed by atoms with Gasteiger partial charge in [0.05, 0.1) is 30.5 Å². The topological polar surface area (TPSA) is 123 Å². The zero-order valence-corrected chi connectivity index (χ0v) is 26.3. The van der Waals surface area contributed by atoms with E-state index in [0.29, 0.717) is 62.5 Å². The summed E-state index contributed by atoms with van der Waals surface area (Å²) in [5, 5.41) is 18.6. The number of alkyl halides is 3. The van der Waals surface area contributed by atoms with Crippen LogP contribution < -0.4 is 11.0 Å². The molecular weight excluding hydrogens is 613 g/mol. The molecule has 0 bridgehead atoms. The largest absolute Gasteiger partial charge is 0.419 e. The highest BCUT2D eigenvalue weighted by molar-refractivity contribution is 6.16. The van der Waals surface area contributed by atoms with E-state index in [2.05, 4.69) is 20.6 Å². The number of carbonyl (C=O) groups is 1. The first-order valence-corrected chi connectivity index (χ1v) is 15.9. The van der Waals surface area contributed by atoms with Gasteiger partial charge in [-0.25, -0.2) is 9.94 Å². The maximum Gasteiger partial charge on any atom is 0.419 e. The summed E-state index contributed by atoms with van der Waals surface area (Å²) < 4.78 is 48.3. The average molecular weight is 651 g/mol. The van der Waals surface area contributed by atoms with Crippen molar-refractivity contribution in [1.29, 1.82) is 0 Å². The van der Waals surface area contributed by atoms with Gasteiger partial charge in [-0.2, -0.15) is 28.4 Å². The second kappa shape index (κ2) is 13.0. The number of aliphatic hydroxyl groups is 1. The number of carbonyl (C=O) groups excluding carboxylic acids is 1. The average Bonchev–Trinajstić information content (AvgIpc) is 3.71. The van der Waals surface area contributed by atoms with Crippen LogP contribution in [0.25, 0.3) is 16.9 Å². The van der Waals surface area contributed by atoms with Gasteiger partial charge in [-0.1, -0.05) is 55.8 Å². The van der Waals surface area contributed by atoms with Gasteiger partial charge >= 0.3 is 6.18 Å². The molecule has 0 radical (unpaired) electrons. The molecule has 1 amide bonds. The van der Waals surface area contributed by atoms with Crippen molar-refractivity contribution in [2.75, 3.05) is 6.61 Å². The highest BCUT2D eigenvalue weighted by Crippen LogP contribution is 2.34. The van der Waals surface area contributed by atoms with Gasteiger partial charge in [0.15, 0.2) is 5.60 Å². The molecule has 13 heteroatoms. The minimum atomic E-state index is -4.80. The Morgan fingerprint density at radius 3 is 2.45 bits per heavy atom. The molecule has 0 spiro atoms. The van der Waals surface area contributed by atoms with Gasteiger partial charge in [-0.05, 0) is 61.8 Å². The smallest absolute Gasteiger partial charge is 0.379 e. The Balaban J connectivity index is 1.33. The van der Waals surface area contributed by atoms with Gasteiger partial charge in [0, 0.05) is 23.6 Å². The lowest BCUT2D eigenvalue weighted by Crippen LogP contribution is -2.47. The number of rotatable bonds is 10. The van der Waals surface area contributed by atoms with Crippen LogP contribution in [0.1, 0.15) is 80.8 Å². The van der Waals surface area contributed by atoms with Crippen LogP contribution in [0.5, 0.6) is 0 Å². The van der Waals surface area contributed by atoms with Crippen molar-refractivity contribution in [3.8, 4) is 11.1 Å². The van der Waals surface area contributed by atoms with Crippen LogP contribution in [0.4, 0.5) is 13.2 Å². The Labute approximate surface area is 269 Å². The molecule has 2 aliphatic rings. The molecular formula is C34H37F3N6O4. The van der Waals surface area contributed by atoms with Crippen molar-refractivity contribution in [3.05, 3.63) is 87.6 Å². The predicted octanol–water partition coefficient (Wildman–Crippen LogP) is 5.14. The monoisotopic (exact) mass is 650 g/mol. The molecule has 248 valence electrons. The second-order valence-electron chi connectivity index (χ2n) is 12.5. The van der Waals surface area contributed by atoms with E-state index in [1.165, 1.54) is 6.33 Å². The zero-order chi connectivity index (χ0) is 33.3. The third-order valence-corrected chi connectivity index (χ3v) is 9.04. The number of benzene rings is 2. The molecule has 2 aromatic carbocycles. The number of fused-ring (bicyclic) bond motifs is 1. The van der Waals surface area contributed by atoms with Crippen molar-refractivity contribution >= 4 is 17.4 Å². The maximum atomic E-state index is 14.4. The molecule has 3 heterocycles. The quantitative estimate of drug-likeness (QED) is 0.245. The van der Waals surface area contributed by atoms with E-state index in [4.69, 9.17) is 4.74 Å². The number of amides is 1. The number of hydrogen-bond donors (Lipinski definition) is 2. The van der Waals surface area contributed by atoms with Crippen molar-refractivity contribution in [2.24, 2.45) is 5.10 Å². The van der Waals surface area contributed by atoms with Crippen LogP contribution in [0.3, 0.4) is 0 Å². The maximum absolute atomic E-state index is 14.4. The van der Waals surface area contributed by atoms with E-state index in [1.807, 2.05) is 55.5 Å². The number of hydrogen-bond acceptors (Lipinski definition) is 7. The van der Waals surface area contributed by atoms with E-state index in [-0.39, 0.29) is 23.9 Å². The van der Waals surface area contributed by atoms with Crippen molar-refractivity contribution in [2.45, 2.75) is 89.1 Å². The minimum Gasteiger partial charge on any atom is -0.379 e. The summed E-state index contributed by atoms with van der Waals surface area (Å²) in [6, 6.07) is 15.6. The van der Waals surface area contributed by atoms with Gasteiger partial charge in [-0.15, -0.1) is 0 Å². The molecule has 0 saturated heterocycles.